The Morgan fingerprint density at radius 2 is 1.17 bits per heavy atom. The molecule has 4 rings (SSSR count). The molecule has 0 fully saturated rings. The molecule has 0 heterocycles. The van der Waals surface area contributed by atoms with Crippen molar-refractivity contribution in [1.82, 2.24) is 0 Å². The van der Waals surface area contributed by atoms with Gasteiger partial charge in [0.25, 0.3) is 0 Å². The number of methoxy groups -OCH3 is 1. The van der Waals surface area contributed by atoms with E-state index in [4.69, 9.17) is 13.8 Å². The lowest BCUT2D eigenvalue weighted by atomic mass is 10.0. The summed E-state index contributed by atoms with van der Waals surface area (Å²) in [7, 11) is 2.80. The number of aryl methyl sites for hydroxylation is 5. The van der Waals surface area contributed by atoms with Gasteiger partial charge in [0.15, 0.2) is 0 Å². The zero-order chi connectivity index (χ0) is 33.1. The summed E-state index contributed by atoms with van der Waals surface area (Å²) in [4.78, 5) is 13.8. The minimum atomic E-state index is -1.44. The molecular formula is C38H44O4P2S2. The number of ether oxygens (including phenoxy) is 1. The van der Waals surface area contributed by atoms with Crippen LogP contribution in [0.3, 0.4) is 0 Å². The monoisotopic (exact) mass is 690 g/mol. The van der Waals surface area contributed by atoms with E-state index in [1.54, 1.807) is 28.7 Å². The Morgan fingerprint density at radius 1 is 0.696 bits per heavy atom. The average Bonchev–Trinajstić information content (AvgIpc) is 3.03. The third-order valence-electron chi connectivity index (χ3n) is 7.38. The van der Waals surface area contributed by atoms with Crippen LogP contribution in [-0.4, -0.2) is 37.4 Å². The van der Waals surface area contributed by atoms with Crippen molar-refractivity contribution in [2.24, 2.45) is 0 Å². The van der Waals surface area contributed by atoms with Gasteiger partial charge in [0.05, 0.1) is 28.5 Å². The zero-order valence-electron chi connectivity index (χ0n) is 27.7. The minimum Gasteiger partial charge on any atom is -0.496 e. The highest BCUT2D eigenvalue weighted by Gasteiger charge is 2.26. The van der Waals surface area contributed by atoms with E-state index in [1.165, 1.54) is 11.1 Å². The molecule has 0 radical (unpaired) electrons. The van der Waals surface area contributed by atoms with Crippen LogP contribution in [0.25, 0.3) is 0 Å². The maximum Gasteiger partial charge on any atom is 0.216 e. The molecule has 0 aliphatic heterocycles. The van der Waals surface area contributed by atoms with Crippen LogP contribution in [0.2, 0.25) is 0 Å². The first-order chi connectivity index (χ1) is 22.2. The molecule has 0 aromatic heterocycles. The first kappa shape index (κ1) is 36.4. The van der Waals surface area contributed by atoms with Gasteiger partial charge in [-0.3, -0.25) is 4.79 Å². The van der Waals surface area contributed by atoms with Gasteiger partial charge in [0, 0.05) is 39.7 Å². The molecule has 0 saturated carbocycles. The molecule has 4 aromatic rings. The standard InChI is InChI=1S/C38H44O4P2S2/c1-27-23-30(4)37(31(5)24-27)38(39)44(34-16-12-9-13-17-34)42-19-21-46-45-20-18-41-43(33-14-10-8-11-15-33)32(6)26-35-29(3)22-28(2)25-36(35)40-7/h8-17,22-25H,6,18-21,26H2,1-5,7H3. The van der Waals surface area contributed by atoms with Crippen molar-refractivity contribution in [2.75, 3.05) is 31.8 Å². The van der Waals surface area contributed by atoms with E-state index in [1.807, 2.05) is 50.2 Å². The SMILES string of the molecule is C=C(Cc1c(C)cc(C)cc1OC)P(OCCSSCCOP(C(=O)c1c(C)cc(C)cc1C)c1ccccc1)c1ccccc1. The van der Waals surface area contributed by atoms with Crippen molar-refractivity contribution in [3.8, 4) is 5.75 Å². The number of benzene rings is 4. The molecule has 0 saturated heterocycles. The van der Waals surface area contributed by atoms with E-state index >= 15 is 0 Å². The number of hydrogen-bond acceptors (Lipinski definition) is 6. The molecule has 0 bridgehead atoms. The van der Waals surface area contributed by atoms with Gasteiger partial charge in [0.1, 0.15) is 13.9 Å². The van der Waals surface area contributed by atoms with Gasteiger partial charge in [-0.15, -0.1) is 0 Å². The second kappa shape index (κ2) is 18.2. The lowest BCUT2D eigenvalue weighted by molar-refractivity contribution is 0.106. The molecule has 0 amide bonds. The molecule has 4 nitrogen and oxygen atoms in total. The highest BCUT2D eigenvalue weighted by Crippen LogP contribution is 2.47. The maximum atomic E-state index is 13.8. The second-order valence-corrected chi connectivity index (χ2v) is 17.6. The Kier molecular flexibility index (Phi) is 14.4. The molecule has 4 aromatic carbocycles. The number of carbonyl (C=O) groups excluding carboxylic acids is 1. The zero-order valence-corrected chi connectivity index (χ0v) is 31.1. The fraction of sp³-hybridized carbons (Fsp3) is 0.289. The summed E-state index contributed by atoms with van der Waals surface area (Å²) in [6.45, 7) is 15.9. The van der Waals surface area contributed by atoms with Gasteiger partial charge in [-0.1, -0.05) is 113 Å². The summed E-state index contributed by atoms with van der Waals surface area (Å²) in [6.07, 6.45) is 0.708. The molecule has 46 heavy (non-hydrogen) atoms. The Morgan fingerprint density at radius 3 is 1.72 bits per heavy atom. The highest BCUT2D eigenvalue weighted by atomic mass is 33.1. The summed E-state index contributed by atoms with van der Waals surface area (Å²) in [6, 6.07) is 28.7. The summed E-state index contributed by atoms with van der Waals surface area (Å²) >= 11 is 0. The van der Waals surface area contributed by atoms with Crippen molar-refractivity contribution < 1.29 is 18.6 Å². The normalized spacial score (nSPS) is 12.5. The summed E-state index contributed by atoms with van der Waals surface area (Å²) in [5.41, 5.74) is 7.59. The van der Waals surface area contributed by atoms with Crippen LogP contribution >= 0.6 is 37.9 Å². The predicted molar refractivity (Wildman–Crippen MR) is 203 cm³/mol. The molecule has 8 heteroatoms. The van der Waals surface area contributed by atoms with Crippen LogP contribution in [-0.2, 0) is 15.5 Å². The molecule has 0 N–H and O–H groups in total. The lowest BCUT2D eigenvalue weighted by Gasteiger charge is -2.22. The molecule has 0 spiro atoms. The lowest BCUT2D eigenvalue weighted by Crippen LogP contribution is -2.14. The molecule has 242 valence electrons. The van der Waals surface area contributed by atoms with Gasteiger partial charge in [-0.05, 0) is 68.3 Å². The summed E-state index contributed by atoms with van der Waals surface area (Å²) in [5, 5.41) is 3.17. The van der Waals surface area contributed by atoms with E-state index < -0.39 is 16.3 Å². The van der Waals surface area contributed by atoms with Crippen LogP contribution in [0, 0.1) is 34.6 Å². The summed E-state index contributed by atoms with van der Waals surface area (Å²) in [5.74, 6) is 2.52. The van der Waals surface area contributed by atoms with Gasteiger partial charge in [-0.2, -0.15) is 0 Å². The predicted octanol–water partition coefficient (Wildman–Crippen LogP) is 9.99. The van der Waals surface area contributed by atoms with Crippen LogP contribution < -0.4 is 15.3 Å². The summed E-state index contributed by atoms with van der Waals surface area (Å²) < 4.78 is 18.6. The van der Waals surface area contributed by atoms with Crippen molar-refractivity contribution in [2.45, 2.75) is 41.0 Å². The van der Waals surface area contributed by atoms with Crippen LogP contribution in [0.5, 0.6) is 5.75 Å². The maximum absolute atomic E-state index is 13.8. The first-order valence-corrected chi connectivity index (χ1v) is 20.3. The van der Waals surface area contributed by atoms with Gasteiger partial charge >= 0.3 is 0 Å². The quantitative estimate of drug-likeness (QED) is 0.0625. The Labute approximate surface area is 285 Å². The minimum absolute atomic E-state index is 0.0789. The van der Waals surface area contributed by atoms with E-state index in [9.17, 15) is 4.79 Å². The van der Waals surface area contributed by atoms with Crippen LogP contribution in [0.1, 0.15) is 43.7 Å². The Balaban J connectivity index is 1.30. The molecular weight excluding hydrogens is 646 g/mol. The highest BCUT2D eigenvalue weighted by molar-refractivity contribution is 8.76. The number of allylic oxidation sites excluding steroid dienone is 1. The Bertz CT molecular complexity index is 1590. The van der Waals surface area contributed by atoms with Crippen molar-refractivity contribution >= 4 is 54.0 Å². The van der Waals surface area contributed by atoms with E-state index in [-0.39, 0.29) is 5.52 Å². The van der Waals surface area contributed by atoms with Gasteiger partial charge in [-0.25, -0.2) is 0 Å². The first-order valence-electron chi connectivity index (χ1n) is 15.3. The third kappa shape index (κ3) is 10.0. The number of carbonyl (C=O) groups is 1. The van der Waals surface area contributed by atoms with Gasteiger partial charge in [0.2, 0.25) is 5.52 Å². The van der Waals surface area contributed by atoms with Crippen molar-refractivity contribution in [3.05, 3.63) is 136 Å². The fourth-order valence-corrected chi connectivity index (χ4v) is 10.8. The average molecular weight is 691 g/mol. The molecule has 2 atom stereocenters. The molecule has 0 aliphatic carbocycles. The topological polar surface area (TPSA) is 44.8 Å². The van der Waals surface area contributed by atoms with Crippen molar-refractivity contribution in [3.63, 3.8) is 0 Å². The Hall–Kier alpha value is -2.43. The van der Waals surface area contributed by atoms with E-state index in [2.05, 4.69) is 75.9 Å². The van der Waals surface area contributed by atoms with Crippen LogP contribution in [0.15, 0.2) is 96.8 Å². The molecule has 0 aliphatic rings. The van der Waals surface area contributed by atoms with Crippen LogP contribution in [0.4, 0.5) is 0 Å². The number of hydrogen-bond donors (Lipinski definition) is 0. The third-order valence-corrected chi connectivity index (χ3v) is 13.5. The van der Waals surface area contributed by atoms with E-state index in [0.29, 0.717) is 19.6 Å². The largest absolute Gasteiger partial charge is 0.496 e. The number of rotatable bonds is 17. The second-order valence-electron chi connectivity index (χ2n) is 11.2. The van der Waals surface area contributed by atoms with Crippen molar-refractivity contribution in [1.29, 1.82) is 0 Å². The smallest absolute Gasteiger partial charge is 0.216 e. The fourth-order valence-electron chi connectivity index (χ4n) is 5.43. The van der Waals surface area contributed by atoms with Gasteiger partial charge < -0.3 is 13.8 Å². The van der Waals surface area contributed by atoms with E-state index in [0.717, 1.165) is 61.0 Å². The molecule has 2 unspecified atom stereocenters.